The predicted molar refractivity (Wildman–Crippen MR) is 106 cm³/mol. The summed E-state index contributed by atoms with van der Waals surface area (Å²) in [5.74, 6) is 0.748. The van der Waals surface area contributed by atoms with Crippen LogP contribution >= 0.6 is 0 Å². The maximum atomic E-state index is 12.3. The molecule has 0 fully saturated rings. The Kier molecular flexibility index (Phi) is 5.89. The summed E-state index contributed by atoms with van der Waals surface area (Å²) in [5, 5.41) is 0. The number of ether oxygens (including phenoxy) is 1. The van der Waals surface area contributed by atoms with Crippen molar-refractivity contribution < 1.29 is 9.53 Å². The standard InChI is InChI=1S/C22H27N3O2/c1-22(2,3)27-21(26)25-12-7-10-19(11-13-25)20-23-15-18(16-24-20)14-17-8-5-4-6-9-17/h4-6,8-10,15-16H,7,11-14H2,1-3H3. The third-order valence-electron chi connectivity index (χ3n) is 4.34. The molecule has 0 N–H and O–H groups in total. The summed E-state index contributed by atoms with van der Waals surface area (Å²) in [6.07, 6.45) is 8.01. The summed E-state index contributed by atoms with van der Waals surface area (Å²) in [6, 6.07) is 10.3. The number of benzene rings is 1. The molecular weight excluding hydrogens is 338 g/mol. The molecule has 0 bridgehead atoms. The second-order valence-electron chi connectivity index (χ2n) is 7.81. The van der Waals surface area contributed by atoms with E-state index in [9.17, 15) is 4.79 Å². The summed E-state index contributed by atoms with van der Waals surface area (Å²) in [4.78, 5) is 23.2. The molecular formula is C22H27N3O2. The molecule has 1 aliphatic heterocycles. The molecule has 0 atom stereocenters. The molecule has 142 valence electrons. The van der Waals surface area contributed by atoms with Gasteiger partial charge in [0.25, 0.3) is 0 Å². The molecule has 0 saturated carbocycles. The number of hydrogen-bond donors (Lipinski definition) is 0. The SMILES string of the molecule is CC(C)(C)OC(=O)N1CCC=C(c2ncc(Cc3ccccc3)cn2)CC1. The van der Waals surface area contributed by atoms with Gasteiger partial charge >= 0.3 is 6.09 Å². The van der Waals surface area contributed by atoms with Crippen LogP contribution in [0.1, 0.15) is 50.6 Å². The Balaban J connectivity index is 1.60. The quantitative estimate of drug-likeness (QED) is 0.805. The Morgan fingerprint density at radius 3 is 2.44 bits per heavy atom. The minimum atomic E-state index is -0.475. The largest absolute Gasteiger partial charge is 0.444 e. The first-order valence-corrected chi connectivity index (χ1v) is 9.43. The van der Waals surface area contributed by atoms with Crippen molar-refractivity contribution in [3.63, 3.8) is 0 Å². The summed E-state index contributed by atoms with van der Waals surface area (Å²) in [6.45, 7) is 6.94. The van der Waals surface area contributed by atoms with E-state index in [2.05, 4.69) is 28.2 Å². The third kappa shape index (κ3) is 5.64. The van der Waals surface area contributed by atoms with Gasteiger partial charge in [0.1, 0.15) is 5.60 Å². The lowest BCUT2D eigenvalue weighted by molar-refractivity contribution is 0.0260. The lowest BCUT2D eigenvalue weighted by Gasteiger charge is -2.26. The van der Waals surface area contributed by atoms with E-state index in [0.717, 1.165) is 36.2 Å². The summed E-state index contributed by atoms with van der Waals surface area (Å²) in [5.41, 5.74) is 2.95. The van der Waals surface area contributed by atoms with Crippen molar-refractivity contribution in [3.8, 4) is 0 Å². The van der Waals surface area contributed by atoms with Crippen molar-refractivity contribution in [1.82, 2.24) is 14.9 Å². The molecule has 0 unspecified atom stereocenters. The second kappa shape index (κ2) is 8.33. The van der Waals surface area contributed by atoms with Crippen molar-refractivity contribution in [2.45, 2.75) is 45.6 Å². The first kappa shape index (κ1) is 19.1. The van der Waals surface area contributed by atoms with Crippen LogP contribution in [-0.4, -0.2) is 39.7 Å². The van der Waals surface area contributed by atoms with Gasteiger partial charge in [-0.15, -0.1) is 0 Å². The minimum Gasteiger partial charge on any atom is -0.444 e. The summed E-state index contributed by atoms with van der Waals surface area (Å²) in [7, 11) is 0. The van der Waals surface area contributed by atoms with Gasteiger partial charge in [0.2, 0.25) is 0 Å². The van der Waals surface area contributed by atoms with E-state index in [1.165, 1.54) is 5.56 Å². The lowest BCUT2D eigenvalue weighted by Crippen LogP contribution is -2.37. The van der Waals surface area contributed by atoms with Gasteiger partial charge in [0.15, 0.2) is 5.82 Å². The van der Waals surface area contributed by atoms with E-state index in [4.69, 9.17) is 4.74 Å². The molecule has 0 aliphatic carbocycles. The van der Waals surface area contributed by atoms with Gasteiger partial charge in [-0.25, -0.2) is 14.8 Å². The Bertz CT molecular complexity index is 793. The van der Waals surface area contributed by atoms with Crippen molar-refractivity contribution in [2.75, 3.05) is 13.1 Å². The number of rotatable bonds is 3. The van der Waals surface area contributed by atoms with Crippen LogP contribution in [0.15, 0.2) is 48.8 Å². The highest BCUT2D eigenvalue weighted by atomic mass is 16.6. The Labute approximate surface area is 161 Å². The van der Waals surface area contributed by atoms with Crippen LogP contribution < -0.4 is 0 Å². The van der Waals surface area contributed by atoms with E-state index < -0.39 is 5.60 Å². The highest BCUT2D eigenvalue weighted by Gasteiger charge is 2.23. The molecule has 5 nitrogen and oxygen atoms in total. The van der Waals surface area contributed by atoms with Crippen LogP contribution in [0, 0.1) is 0 Å². The average Bonchev–Trinajstić information content (AvgIpc) is 2.88. The maximum absolute atomic E-state index is 12.3. The van der Waals surface area contributed by atoms with Crippen molar-refractivity contribution >= 4 is 11.7 Å². The first-order chi connectivity index (χ1) is 12.9. The molecule has 1 aliphatic rings. The van der Waals surface area contributed by atoms with Crippen LogP contribution in [0.4, 0.5) is 4.79 Å². The van der Waals surface area contributed by atoms with E-state index >= 15 is 0 Å². The Morgan fingerprint density at radius 1 is 1.07 bits per heavy atom. The normalized spacial score (nSPS) is 15.1. The summed E-state index contributed by atoms with van der Waals surface area (Å²) < 4.78 is 5.48. The van der Waals surface area contributed by atoms with Crippen LogP contribution in [0.2, 0.25) is 0 Å². The van der Waals surface area contributed by atoms with Gasteiger partial charge in [-0.3, -0.25) is 0 Å². The fourth-order valence-electron chi connectivity index (χ4n) is 3.02. The maximum Gasteiger partial charge on any atom is 0.410 e. The van der Waals surface area contributed by atoms with Crippen molar-refractivity contribution in [1.29, 1.82) is 0 Å². The lowest BCUT2D eigenvalue weighted by atomic mass is 10.1. The molecule has 27 heavy (non-hydrogen) atoms. The molecule has 2 heterocycles. The molecule has 0 spiro atoms. The second-order valence-corrected chi connectivity index (χ2v) is 7.81. The molecule has 1 aromatic carbocycles. The van der Waals surface area contributed by atoms with E-state index in [-0.39, 0.29) is 6.09 Å². The minimum absolute atomic E-state index is 0.253. The van der Waals surface area contributed by atoms with Crippen LogP contribution in [0.25, 0.3) is 5.57 Å². The van der Waals surface area contributed by atoms with Crippen molar-refractivity contribution in [2.24, 2.45) is 0 Å². The molecule has 0 radical (unpaired) electrons. The Hall–Kier alpha value is -2.69. The molecule has 5 heteroatoms. The van der Waals surface area contributed by atoms with Gasteiger partial charge in [0.05, 0.1) is 0 Å². The summed E-state index contributed by atoms with van der Waals surface area (Å²) >= 11 is 0. The molecule has 0 saturated heterocycles. The fourth-order valence-corrected chi connectivity index (χ4v) is 3.02. The number of aromatic nitrogens is 2. The molecule has 3 rings (SSSR count). The van der Waals surface area contributed by atoms with Crippen LogP contribution in [-0.2, 0) is 11.2 Å². The average molecular weight is 365 g/mol. The van der Waals surface area contributed by atoms with Gasteiger partial charge in [-0.05, 0) is 50.3 Å². The fraction of sp³-hybridized carbons (Fsp3) is 0.409. The van der Waals surface area contributed by atoms with E-state index in [0.29, 0.717) is 13.1 Å². The van der Waals surface area contributed by atoms with Gasteiger partial charge in [0, 0.05) is 31.9 Å². The smallest absolute Gasteiger partial charge is 0.410 e. The van der Waals surface area contributed by atoms with Gasteiger partial charge < -0.3 is 9.64 Å². The highest BCUT2D eigenvalue weighted by Crippen LogP contribution is 2.21. The number of nitrogens with zero attached hydrogens (tertiary/aromatic N) is 3. The monoisotopic (exact) mass is 365 g/mol. The number of carbonyl (C=O) groups excluding carboxylic acids is 1. The number of carbonyl (C=O) groups is 1. The van der Waals surface area contributed by atoms with E-state index in [1.807, 2.05) is 51.4 Å². The van der Waals surface area contributed by atoms with Crippen LogP contribution in [0.3, 0.4) is 0 Å². The number of amides is 1. The number of hydrogen-bond acceptors (Lipinski definition) is 4. The molecule has 1 aromatic heterocycles. The van der Waals surface area contributed by atoms with Gasteiger partial charge in [-0.2, -0.15) is 0 Å². The molecule has 1 amide bonds. The Morgan fingerprint density at radius 2 is 1.78 bits per heavy atom. The zero-order chi connectivity index (χ0) is 19.3. The highest BCUT2D eigenvalue weighted by molar-refractivity contribution is 5.69. The molecule has 2 aromatic rings. The third-order valence-corrected chi connectivity index (χ3v) is 4.34. The zero-order valence-corrected chi connectivity index (χ0v) is 16.3. The topological polar surface area (TPSA) is 55.3 Å². The predicted octanol–water partition coefficient (Wildman–Crippen LogP) is 4.48. The van der Waals surface area contributed by atoms with E-state index in [1.54, 1.807) is 4.90 Å². The zero-order valence-electron chi connectivity index (χ0n) is 16.3. The van der Waals surface area contributed by atoms with Gasteiger partial charge in [-0.1, -0.05) is 36.4 Å². The first-order valence-electron chi connectivity index (χ1n) is 9.43. The van der Waals surface area contributed by atoms with Crippen LogP contribution in [0.5, 0.6) is 0 Å². The van der Waals surface area contributed by atoms with Crippen molar-refractivity contribution in [3.05, 3.63) is 65.8 Å².